The number of hydrogen-bond donors (Lipinski definition) is 1. The summed E-state index contributed by atoms with van der Waals surface area (Å²) >= 11 is 1.48. The van der Waals surface area contributed by atoms with Crippen LogP contribution < -0.4 is 5.73 Å². The van der Waals surface area contributed by atoms with Gasteiger partial charge in [0, 0.05) is 10.3 Å². The van der Waals surface area contributed by atoms with E-state index in [0.717, 1.165) is 0 Å². The van der Waals surface area contributed by atoms with Gasteiger partial charge < -0.3 is 20.1 Å². The number of hydrogen-bond acceptors (Lipinski definition) is 7. The zero-order valence-electron chi connectivity index (χ0n) is 13.1. The van der Waals surface area contributed by atoms with Crippen molar-refractivity contribution in [3.05, 3.63) is 35.4 Å². The summed E-state index contributed by atoms with van der Waals surface area (Å²) in [6.07, 6.45) is -1.08. The highest BCUT2D eigenvalue weighted by atomic mass is 32.2. The highest BCUT2D eigenvalue weighted by molar-refractivity contribution is 8.01. The summed E-state index contributed by atoms with van der Waals surface area (Å²) < 4.78 is 10.0. The van der Waals surface area contributed by atoms with Crippen molar-refractivity contribution in [3.63, 3.8) is 0 Å². The Morgan fingerprint density at radius 2 is 2.04 bits per heavy atom. The van der Waals surface area contributed by atoms with Crippen LogP contribution in [0.2, 0.25) is 0 Å². The largest absolute Gasteiger partial charge is 0.419 e. The summed E-state index contributed by atoms with van der Waals surface area (Å²) in [5, 5.41) is -0.219. The molecule has 0 aliphatic carbocycles. The summed E-state index contributed by atoms with van der Waals surface area (Å²) in [5.74, 6) is -1.38. The Kier molecular flexibility index (Phi) is 3.20. The molecule has 126 valence electrons. The molecule has 0 aromatic heterocycles. The van der Waals surface area contributed by atoms with Gasteiger partial charge in [0.25, 0.3) is 6.29 Å². The van der Waals surface area contributed by atoms with Crippen LogP contribution in [0.15, 0.2) is 24.3 Å². The summed E-state index contributed by atoms with van der Waals surface area (Å²) in [6.45, 7) is 3.74. The van der Waals surface area contributed by atoms with Gasteiger partial charge in [0.2, 0.25) is 5.91 Å². The van der Waals surface area contributed by atoms with Crippen molar-refractivity contribution in [1.82, 2.24) is 4.90 Å². The zero-order valence-corrected chi connectivity index (χ0v) is 13.9. The van der Waals surface area contributed by atoms with Crippen LogP contribution in [-0.2, 0) is 19.1 Å². The lowest BCUT2D eigenvalue weighted by molar-refractivity contribution is -0.180. The normalized spacial score (nSPS) is 32.7. The van der Waals surface area contributed by atoms with Crippen molar-refractivity contribution >= 4 is 29.6 Å². The summed E-state index contributed by atoms with van der Waals surface area (Å²) in [7, 11) is 0. The Morgan fingerprint density at radius 1 is 1.33 bits per heavy atom. The van der Waals surface area contributed by atoms with Gasteiger partial charge in [-0.25, -0.2) is 9.59 Å². The summed E-state index contributed by atoms with van der Waals surface area (Å²) in [4.78, 5) is 38.0. The second-order valence-electron chi connectivity index (χ2n) is 6.55. The number of fused-ring (bicyclic) bond motifs is 2. The Balaban J connectivity index is 1.57. The molecule has 0 saturated carbocycles. The van der Waals surface area contributed by atoms with Gasteiger partial charge in [-0.1, -0.05) is 18.2 Å². The second-order valence-corrected chi connectivity index (χ2v) is 8.32. The smallest absolute Gasteiger partial charge is 0.342 e. The van der Waals surface area contributed by atoms with Gasteiger partial charge in [-0.2, -0.15) is 0 Å². The van der Waals surface area contributed by atoms with Crippen molar-refractivity contribution in [3.8, 4) is 0 Å². The van der Waals surface area contributed by atoms with E-state index in [-0.39, 0.29) is 11.3 Å². The molecule has 2 unspecified atom stereocenters. The van der Waals surface area contributed by atoms with Crippen molar-refractivity contribution in [2.24, 2.45) is 5.73 Å². The van der Waals surface area contributed by atoms with E-state index in [9.17, 15) is 14.4 Å². The van der Waals surface area contributed by atoms with E-state index >= 15 is 0 Å². The lowest BCUT2D eigenvalue weighted by atomic mass is 9.96. The number of thioether (sulfide) groups is 1. The van der Waals surface area contributed by atoms with Gasteiger partial charge >= 0.3 is 11.9 Å². The van der Waals surface area contributed by atoms with E-state index < -0.39 is 35.1 Å². The van der Waals surface area contributed by atoms with Gasteiger partial charge in [0.15, 0.2) is 0 Å². The van der Waals surface area contributed by atoms with Crippen molar-refractivity contribution in [2.45, 2.75) is 42.3 Å². The van der Waals surface area contributed by atoms with E-state index in [0.29, 0.717) is 11.1 Å². The minimum absolute atomic E-state index is 0.219. The number of ether oxygens (including phenoxy) is 2. The number of nitrogens with two attached hydrogens (primary N) is 1. The number of nitrogens with zero attached hydrogens (tertiary/aromatic N) is 1. The molecular formula is C16H16N2O5S. The first-order valence-corrected chi connectivity index (χ1v) is 8.45. The fourth-order valence-electron chi connectivity index (χ4n) is 3.39. The van der Waals surface area contributed by atoms with Gasteiger partial charge in [-0.05, 0) is 19.9 Å². The SMILES string of the molecule is CC1(C)S[C@@H]2C(N)C(=O)N2[C@H]1C(=O)OC1OC(=O)c2ccccc21. The predicted molar refractivity (Wildman–Crippen MR) is 84.8 cm³/mol. The lowest BCUT2D eigenvalue weighted by Gasteiger charge is -2.42. The van der Waals surface area contributed by atoms with Crippen molar-refractivity contribution < 1.29 is 23.9 Å². The molecule has 8 heteroatoms. The number of carbonyl (C=O) groups excluding carboxylic acids is 3. The van der Waals surface area contributed by atoms with Gasteiger partial charge in [-0.15, -0.1) is 11.8 Å². The maximum absolute atomic E-state index is 12.7. The molecule has 3 aliphatic heterocycles. The first kappa shape index (κ1) is 15.5. The lowest BCUT2D eigenvalue weighted by Crippen LogP contribution is -2.68. The molecule has 4 atom stereocenters. The number of esters is 2. The molecule has 24 heavy (non-hydrogen) atoms. The molecule has 2 N–H and O–H groups in total. The topological polar surface area (TPSA) is 98.9 Å². The molecule has 1 aromatic rings. The molecule has 3 aliphatic rings. The van der Waals surface area contributed by atoms with Crippen LogP contribution in [0.25, 0.3) is 0 Å². The summed E-state index contributed by atoms with van der Waals surface area (Å²) in [5.41, 5.74) is 6.70. The molecule has 7 nitrogen and oxygen atoms in total. The van der Waals surface area contributed by atoms with E-state index in [4.69, 9.17) is 15.2 Å². The number of benzene rings is 1. The molecule has 4 rings (SSSR count). The molecule has 2 fully saturated rings. The number of carbonyl (C=O) groups is 3. The maximum atomic E-state index is 12.7. The monoisotopic (exact) mass is 348 g/mol. The third-order valence-electron chi connectivity index (χ3n) is 4.58. The first-order valence-electron chi connectivity index (χ1n) is 7.57. The number of rotatable bonds is 2. The third-order valence-corrected chi connectivity index (χ3v) is 6.17. The Bertz CT molecular complexity index is 765. The van der Waals surface area contributed by atoms with Crippen molar-refractivity contribution in [1.29, 1.82) is 0 Å². The predicted octanol–water partition coefficient (Wildman–Crippen LogP) is 0.788. The fourth-order valence-corrected chi connectivity index (χ4v) is 4.96. The van der Waals surface area contributed by atoms with Crippen molar-refractivity contribution in [2.75, 3.05) is 0 Å². The molecule has 0 radical (unpaired) electrons. The fraction of sp³-hybridized carbons (Fsp3) is 0.438. The Labute approximate surface area is 142 Å². The maximum Gasteiger partial charge on any atom is 0.342 e. The van der Waals surface area contributed by atoms with Crippen LogP contribution in [0.5, 0.6) is 0 Å². The molecule has 0 bridgehead atoms. The number of amides is 1. The van der Waals surface area contributed by atoms with Crippen LogP contribution in [0.1, 0.15) is 36.1 Å². The van der Waals surface area contributed by atoms with Crippen LogP contribution in [0.4, 0.5) is 0 Å². The highest BCUT2D eigenvalue weighted by Gasteiger charge is 2.63. The highest BCUT2D eigenvalue weighted by Crippen LogP contribution is 2.50. The van der Waals surface area contributed by atoms with Crippen LogP contribution in [-0.4, -0.2) is 45.0 Å². The van der Waals surface area contributed by atoms with Gasteiger partial charge in [0.05, 0.1) is 5.56 Å². The molecular weight excluding hydrogens is 332 g/mol. The average Bonchev–Trinajstić information content (AvgIpc) is 3.00. The molecule has 1 aromatic carbocycles. The Hall–Kier alpha value is -2.06. The van der Waals surface area contributed by atoms with Crippen LogP contribution in [0.3, 0.4) is 0 Å². The first-order chi connectivity index (χ1) is 11.3. The minimum Gasteiger partial charge on any atom is -0.419 e. The molecule has 0 spiro atoms. The van der Waals surface area contributed by atoms with Gasteiger partial charge in [0.1, 0.15) is 17.5 Å². The van der Waals surface area contributed by atoms with Gasteiger partial charge in [-0.3, -0.25) is 4.79 Å². The standard InChI is InChI=1S/C16H16N2O5S/c1-16(2)10(18-11(19)9(17)12(18)24-16)14(21)23-15-8-6-4-3-5-7(8)13(20)22-15/h3-6,9-10,12,15H,17H2,1-2H3/t9?,10-,12+,15?/m0/s1. The quantitative estimate of drug-likeness (QED) is 0.623. The van der Waals surface area contributed by atoms with E-state index in [2.05, 4.69) is 0 Å². The third kappa shape index (κ3) is 1.99. The second kappa shape index (κ2) is 4.97. The van der Waals surface area contributed by atoms with E-state index in [1.807, 2.05) is 13.8 Å². The van der Waals surface area contributed by atoms with E-state index in [1.165, 1.54) is 16.7 Å². The van der Waals surface area contributed by atoms with E-state index in [1.54, 1.807) is 24.3 Å². The minimum atomic E-state index is -1.08. The number of cyclic esters (lactones) is 1. The molecule has 3 heterocycles. The Morgan fingerprint density at radius 3 is 2.79 bits per heavy atom. The number of β-lactam (4-membered cyclic amide) rings is 1. The summed E-state index contributed by atoms with van der Waals surface area (Å²) in [6, 6.07) is 5.41. The van der Waals surface area contributed by atoms with Crippen LogP contribution >= 0.6 is 11.8 Å². The van der Waals surface area contributed by atoms with Crippen LogP contribution in [0, 0.1) is 0 Å². The molecule has 2 saturated heterocycles. The zero-order chi connectivity index (χ0) is 17.2. The molecule has 1 amide bonds. The average molecular weight is 348 g/mol.